The summed E-state index contributed by atoms with van der Waals surface area (Å²) in [6.45, 7) is 1.95. The van der Waals surface area contributed by atoms with Crippen molar-refractivity contribution in [2.45, 2.75) is 51.2 Å². The number of aromatic hydroxyl groups is 1. The summed E-state index contributed by atoms with van der Waals surface area (Å²) in [6.07, 6.45) is 5.86. The number of fused-ring (bicyclic) bond motifs is 1. The number of benzene rings is 1. The molecule has 1 unspecified atom stereocenters. The number of hydrogen-bond donors (Lipinski definition) is 2. The minimum Gasteiger partial charge on any atom is -0.508 e. The summed E-state index contributed by atoms with van der Waals surface area (Å²) in [6, 6.07) is 7.57. The molecule has 2 N–H and O–H groups in total. The lowest BCUT2D eigenvalue weighted by molar-refractivity contribution is 0.0585. The zero-order valence-electron chi connectivity index (χ0n) is 14.9. The Labute approximate surface area is 153 Å². The van der Waals surface area contributed by atoms with Gasteiger partial charge in [-0.15, -0.1) is 0 Å². The van der Waals surface area contributed by atoms with Gasteiger partial charge in [0.15, 0.2) is 5.69 Å². The Kier molecular flexibility index (Phi) is 4.93. The lowest BCUT2D eigenvalue weighted by Gasteiger charge is -2.35. The number of nitrogens with one attached hydrogen (secondary N) is 1. The normalized spacial score (nSPS) is 20.0. The smallest absolute Gasteiger partial charge is 0.274 e. The van der Waals surface area contributed by atoms with Crippen molar-refractivity contribution in [3.63, 3.8) is 0 Å². The van der Waals surface area contributed by atoms with Crippen molar-refractivity contribution in [2.24, 2.45) is 0 Å². The van der Waals surface area contributed by atoms with E-state index in [1.807, 2.05) is 17.0 Å². The first-order chi connectivity index (χ1) is 12.7. The molecule has 6 nitrogen and oxygen atoms in total. The first kappa shape index (κ1) is 17.1. The van der Waals surface area contributed by atoms with Gasteiger partial charge in [-0.1, -0.05) is 12.1 Å². The quantitative estimate of drug-likeness (QED) is 0.884. The van der Waals surface area contributed by atoms with Gasteiger partial charge in [0, 0.05) is 30.3 Å². The molecule has 6 heteroatoms. The van der Waals surface area contributed by atoms with Gasteiger partial charge in [0.2, 0.25) is 0 Å². The molecule has 0 bridgehead atoms. The number of phenols is 1. The number of ether oxygens (including phenoxy) is 1. The number of carbonyl (C=O) groups is 1. The minimum atomic E-state index is 0.0309. The Morgan fingerprint density at radius 1 is 1.31 bits per heavy atom. The number of aromatic amines is 1. The molecule has 3 heterocycles. The van der Waals surface area contributed by atoms with Crippen molar-refractivity contribution in [1.82, 2.24) is 15.1 Å². The maximum Gasteiger partial charge on any atom is 0.274 e. The summed E-state index contributed by atoms with van der Waals surface area (Å²) in [7, 11) is 0. The van der Waals surface area contributed by atoms with Crippen LogP contribution in [0.15, 0.2) is 24.3 Å². The summed E-state index contributed by atoms with van der Waals surface area (Å²) >= 11 is 0. The molecule has 26 heavy (non-hydrogen) atoms. The average Bonchev–Trinajstić information content (AvgIpc) is 3.11. The molecule has 138 valence electrons. The molecule has 1 aromatic heterocycles. The number of carbonyl (C=O) groups excluding carboxylic acids is 1. The number of hydrogen-bond acceptors (Lipinski definition) is 4. The van der Waals surface area contributed by atoms with E-state index in [4.69, 9.17) is 4.74 Å². The number of nitrogens with zero attached hydrogens (tertiary/aromatic N) is 2. The van der Waals surface area contributed by atoms with Crippen LogP contribution in [0.5, 0.6) is 5.75 Å². The molecular formula is C20H25N3O3. The number of rotatable bonds is 4. The third-order valence-electron chi connectivity index (χ3n) is 5.49. The lowest BCUT2D eigenvalue weighted by atomic mass is 9.95. The number of phenolic OH excluding ortho intramolecular Hbond substituents is 1. The van der Waals surface area contributed by atoms with E-state index in [1.54, 1.807) is 12.1 Å². The van der Waals surface area contributed by atoms with Crippen molar-refractivity contribution in [1.29, 1.82) is 0 Å². The van der Waals surface area contributed by atoms with Gasteiger partial charge in [0.1, 0.15) is 5.75 Å². The van der Waals surface area contributed by atoms with Gasteiger partial charge in [0.05, 0.1) is 13.2 Å². The lowest BCUT2D eigenvalue weighted by Crippen LogP contribution is -2.44. The molecule has 1 aromatic carbocycles. The van der Waals surface area contributed by atoms with E-state index in [-0.39, 0.29) is 17.7 Å². The molecule has 1 fully saturated rings. The predicted octanol–water partition coefficient (Wildman–Crippen LogP) is 2.82. The zero-order chi connectivity index (χ0) is 17.9. The molecule has 2 aliphatic rings. The number of piperidine rings is 1. The van der Waals surface area contributed by atoms with E-state index < -0.39 is 0 Å². The van der Waals surface area contributed by atoms with Gasteiger partial charge in [-0.3, -0.25) is 9.89 Å². The van der Waals surface area contributed by atoms with Crippen LogP contribution in [-0.2, 0) is 24.2 Å². The summed E-state index contributed by atoms with van der Waals surface area (Å²) in [5, 5.41) is 16.8. The van der Waals surface area contributed by atoms with Gasteiger partial charge in [-0.05, 0) is 49.8 Å². The van der Waals surface area contributed by atoms with Crippen molar-refractivity contribution >= 4 is 5.91 Å². The van der Waals surface area contributed by atoms with E-state index in [2.05, 4.69) is 10.2 Å². The third-order valence-corrected chi connectivity index (χ3v) is 5.49. The van der Waals surface area contributed by atoms with Crippen LogP contribution in [0.25, 0.3) is 0 Å². The fraction of sp³-hybridized carbons (Fsp3) is 0.500. The Morgan fingerprint density at radius 2 is 2.15 bits per heavy atom. The molecular weight excluding hydrogens is 330 g/mol. The second-order valence-electron chi connectivity index (χ2n) is 7.19. The Hall–Kier alpha value is -2.34. The van der Waals surface area contributed by atoms with Gasteiger partial charge in [0.25, 0.3) is 5.91 Å². The maximum absolute atomic E-state index is 13.2. The summed E-state index contributed by atoms with van der Waals surface area (Å²) in [5.74, 6) is 0.317. The monoisotopic (exact) mass is 355 g/mol. The highest BCUT2D eigenvalue weighted by molar-refractivity contribution is 5.94. The van der Waals surface area contributed by atoms with Gasteiger partial charge >= 0.3 is 0 Å². The molecule has 2 aromatic rings. The van der Waals surface area contributed by atoms with E-state index >= 15 is 0 Å². The maximum atomic E-state index is 13.2. The van der Waals surface area contributed by atoms with Crippen molar-refractivity contribution in [3.05, 3.63) is 46.8 Å². The summed E-state index contributed by atoms with van der Waals surface area (Å²) in [5.41, 5.74) is 3.70. The molecule has 4 rings (SSSR count). The van der Waals surface area contributed by atoms with Crippen LogP contribution in [0.2, 0.25) is 0 Å². The fourth-order valence-corrected chi connectivity index (χ4v) is 3.99. The number of amides is 1. The van der Waals surface area contributed by atoms with E-state index in [0.29, 0.717) is 18.9 Å². The largest absolute Gasteiger partial charge is 0.508 e. The van der Waals surface area contributed by atoms with Gasteiger partial charge in [-0.2, -0.15) is 5.10 Å². The number of aryl methyl sites for hydroxylation is 1. The Morgan fingerprint density at radius 3 is 3.00 bits per heavy atom. The highest BCUT2D eigenvalue weighted by atomic mass is 16.5. The summed E-state index contributed by atoms with van der Waals surface area (Å²) < 4.78 is 5.52. The molecule has 0 spiro atoms. The van der Waals surface area contributed by atoms with Crippen LogP contribution in [0.4, 0.5) is 0 Å². The Balaban J connectivity index is 1.47. The van der Waals surface area contributed by atoms with Crippen molar-refractivity contribution in [3.8, 4) is 5.75 Å². The second-order valence-corrected chi connectivity index (χ2v) is 7.19. The van der Waals surface area contributed by atoms with Crippen molar-refractivity contribution < 1.29 is 14.6 Å². The van der Waals surface area contributed by atoms with Crippen LogP contribution in [-0.4, -0.2) is 45.3 Å². The first-order valence-electron chi connectivity index (χ1n) is 9.45. The average molecular weight is 355 g/mol. The number of aromatic nitrogens is 2. The SMILES string of the molecule is O=C(c1n[nH]c2c1COCC2)N1CCCCC1CCc1ccc(O)cc1. The second kappa shape index (κ2) is 7.50. The van der Waals surface area contributed by atoms with Gasteiger partial charge < -0.3 is 14.7 Å². The fourth-order valence-electron chi connectivity index (χ4n) is 3.99. The highest BCUT2D eigenvalue weighted by Crippen LogP contribution is 2.26. The molecule has 2 aliphatic heterocycles. The van der Waals surface area contributed by atoms with E-state index in [1.165, 1.54) is 5.56 Å². The molecule has 1 amide bonds. The number of H-pyrrole nitrogens is 1. The third kappa shape index (κ3) is 3.46. The standard InChI is InChI=1S/C20H25N3O3/c24-16-8-5-14(6-9-16)4-7-15-3-1-2-11-23(15)20(25)19-17-13-26-12-10-18(17)21-22-19/h5-6,8-9,15,24H,1-4,7,10-13H2,(H,21,22). The van der Waals surface area contributed by atoms with Crippen LogP contribution < -0.4 is 0 Å². The number of likely N-dealkylation sites (tertiary alicyclic amines) is 1. The van der Waals surface area contributed by atoms with Crippen molar-refractivity contribution in [2.75, 3.05) is 13.2 Å². The summed E-state index contributed by atoms with van der Waals surface area (Å²) in [4.78, 5) is 15.2. The molecule has 0 aliphatic carbocycles. The van der Waals surface area contributed by atoms with Gasteiger partial charge in [-0.25, -0.2) is 0 Å². The Bertz CT molecular complexity index is 769. The highest BCUT2D eigenvalue weighted by Gasteiger charge is 2.31. The first-order valence-corrected chi connectivity index (χ1v) is 9.45. The molecule has 1 atom stereocenters. The minimum absolute atomic E-state index is 0.0309. The van der Waals surface area contributed by atoms with E-state index in [9.17, 15) is 9.90 Å². The molecule has 0 radical (unpaired) electrons. The van der Waals surface area contributed by atoms with Crippen LogP contribution >= 0.6 is 0 Å². The predicted molar refractivity (Wildman–Crippen MR) is 97.1 cm³/mol. The van der Waals surface area contributed by atoms with Crippen LogP contribution in [0, 0.1) is 0 Å². The zero-order valence-corrected chi connectivity index (χ0v) is 14.9. The topological polar surface area (TPSA) is 78.5 Å². The van der Waals surface area contributed by atoms with Crippen LogP contribution in [0.3, 0.4) is 0 Å². The van der Waals surface area contributed by atoms with Crippen LogP contribution in [0.1, 0.15) is 53.0 Å². The molecule has 1 saturated heterocycles. The molecule has 0 saturated carbocycles. The van der Waals surface area contributed by atoms with E-state index in [0.717, 1.165) is 56.3 Å².